The normalized spacial score (nSPS) is 17.1. The lowest BCUT2D eigenvalue weighted by atomic mass is 10.1. The van der Waals surface area contributed by atoms with Crippen LogP contribution in [0.25, 0.3) is 10.8 Å². The fraction of sp³-hybridized carbons (Fsp3) is 0.222. The second-order valence-electron chi connectivity index (χ2n) is 5.69. The van der Waals surface area contributed by atoms with Gasteiger partial charge in [-0.25, -0.2) is 9.97 Å². The van der Waals surface area contributed by atoms with Crippen molar-refractivity contribution in [1.82, 2.24) is 14.3 Å². The van der Waals surface area contributed by atoms with Crippen LogP contribution in [0.4, 0.5) is 5.95 Å². The second-order valence-corrected chi connectivity index (χ2v) is 7.15. The second kappa shape index (κ2) is 6.76. The molecule has 2 aromatic carbocycles. The van der Waals surface area contributed by atoms with E-state index < -0.39 is 11.4 Å². The Bertz CT molecular complexity index is 816. The number of hydrogen-bond donors (Lipinski definition) is 0. The lowest BCUT2D eigenvalue weighted by Crippen LogP contribution is -2.49. The van der Waals surface area contributed by atoms with E-state index in [9.17, 15) is 4.55 Å². The van der Waals surface area contributed by atoms with E-state index in [1.807, 2.05) is 40.7 Å². The lowest BCUT2D eigenvalue weighted by Gasteiger charge is -2.34. The first kappa shape index (κ1) is 15.4. The third-order valence-electron chi connectivity index (χ3n) is 4.25. The Kier molecular flexibility index (Phi) is 4.34. The Morgan fingerprint density at radius 2 is 1.54 bits per heavy atom. The van der Waals surface area contributed by atoms with E-state index in [0.717, 1.165) is 47.8 Å². The molecular formula is C18H18N4OS. The van der Waals surface area contributed by atoms with Gasteiger partial charge in [-0.15, -0.1) is 4.31 Å². The minimum absolute atomic E-state index is 0.730. The first-order valence-electron chi connectivity index (χ1n) is 7.99. The molecule has 1 unspecified atom stereocenters. The molecule has 0 N–H and O–H groups in total. The molecule has 0 aliphatic carbocycles. The first-order valence-corrected chi connectivity index (χ1v) is 9.10. The lowest BCUT2D eigenvalue weighted by molar-refractivity contribution is 0.382. The highest BCUT2D eigenvalue weighted by Crippen LogP contribution is 2.26. The van der Waals surface area contributed by atoms with E-state index in [-0.39, 0.29) is 0 Å². The molecule has 0 saturated carbocycles. The number of fused-ring (bicyclic) bond motifs is 1. The first-order chi connectivity index (χ1) is 11.8. The summed E-state index contributed by atoms with van der Waals surface area (Å²) in [5.41, 5.74) is 0. The molecule has 6 heteroatoms. The number of anilines is 1. The molecule has 1 aromatic heterocycles. The van der Waals surface area contributed by atoms with Gasteiger partial charge < -0.3 is 9.45 Å². The van der Waals surface area contributed by atoms with E-state index in [4.69, 9.17) is 0 Å². The smallest absolute Gasteiger partial charge is 0.225 e. The molecule has 5 nitrogen and oxygen atoms in total. The average Bonchev–Trinajstić information content (AvgIpc) is 2.68. The summed E-state index contributed by atoms with van der Waals surface area (Å²) in [7, 11) is 0. The zero-order chi connectivity index (χ0) is 16.4. The van der Waals surface area contributed by atoms with Crippen LogP contribution >= 0.6 is 0 Å². The number of hydrogen-bond acceptors (Lipinski definition) is 5. The molecule has 1 fully saturated rings. The molecule has 0 radical (unpaired) electrons. The van der Waals surface area contributed by atoms with Crippen LogP contribution in [0, 0.1) is 0 Å². The van der Waals surface area contributed by atoms with Gasteiger partial charge in [-0.1, -0.05) is 30.3 Å². The zero-order valence-electron chi connectivity index (χ0n) is 13.2. The molecule has 122 valence electrons. The summed E-state index contributed by atoms with van der Waals surface area (Å²) >= 11 is -1.15. The van der Waals surface area contributed by atoms with Crippen LogP contribution in [-0.4, -0.2) is 45.0 Å². The number of nitrogens with zero attached hydrogens (tertiary/aromatic N) is 4. The summed E-state index contributed by atoms with van der Waals surface area (Å²) in [4.78, 5) is 11.6. The van der Waals surface area contributed by atoms with Crippen molar-refractivity contribution in [3.05, 3.63) is 60.9 Å². The maximum Gasteiger partial charge on any atom is 0.225 e. The SMILES string of the molecule is [O-][S+](c1cccc2ccccc12)N1CCN(c2ncccn2)CC1. The van der Waals surface area contributed by atoms with Gasteiger partial charge in [0.1, 0.15) is 0 Å². The molecule has 2 heterocycles. The van der Waals surface area contributed by atoms with Gasteiger partial charge in [-0.3, -0.25) is 0 Å². The van der Waals surface area contributed by atoms with Crippen LogP contribution in [0.3, 0.4) is 0 Å². The molecule has 0 amide bonds. The molecule has 3 aromatic rings. The monoisotopic (exact) mass is 338 g/mol. The Morgan fingerprint density at radius 1 is 0.833 bits per heavy atom. The average molecular weight is 338 g/mol. The van der Waals surface area contributed by atoms with Crippen molar-refractivity contribution in [3.8, 4) is 0 Å². The van der Waals surface area contributed by atoms with E-state index in [1.165, 1.54) is 0 Å². The van der Waals surface area contributed by atoms with Crippen LogP contribution < -0.4 is 4.90 Å². The molecule has 1 aliphatic rings. The third-order valence-corrected chi connectivity index (χ3v) is 5.81. The fourth-order valence-corrected chi connectivity index (χ4v) is 4.34. The molecule has 24 heavy (non-hydrogen) atoms. The van der Waals surface area contributed by atoms with Crippen LogP contribution in [0.2, 0.25) is 0 Å². The fourth-order valence-electron chi connectivity index (χ4n) is 3.00. The van der Waals surface area contributed by atoms with Crippen molar-refractivity contribution < 1.29 is 4.55 Å². The highest BCUT2D eigenvalue weighted by Gasteiger charge is 2.29. The van der Waals surface area contributed by atoms with Crippen molar-refractivity contribution in [1.29, 1.82) is 0 Å². The highest BCUT2D eigenvalue weighted by atomic mass is 32.2. The van der Waals surface area contributed by atoms with E-state index >= 15 is 0 Å². The minimum atomic E-state index is -1.15. The Hall–Kier alpha value is -2.15. The number of piperazine rings is 1. The standard InChI is InChI=1S/C18H18N4OS/c23-24(17-8-3-6-15-5-1-2-7-16(15)17)22-13-11-21(12-14-22)18-19-9-4-10-20-18/h1-10H,11-14H2. The van der Waals surface area contributed by atoms with Gasteiger partial charge in [0.15, 0.2) is 4.90 Å². The van der Waals surface area contributed by atoms with Crippen molar-refractivity contribution in [2.75, 3.05) is 31.1 Å². The van der Waals surface area contributed by atoms with Crippen molar-refractivity contribution >= 4 is 28.1 Å². The van der Waals surface area contributed by atoms with E-state index in [2.05, 4.69) is 27.0 Å². The number of rotatable bonds is 3. The van der Waals surface area contributed by atoms with E-state index in [0.29, 0.717) is 0 Å². The minimum Gasteiger partial charge on any atom is -0.593 e. The summed E-state index contributed by atoms with van der Waals surface area (Å²) < 4.78 is 15.1. The maximum absolute atomic E-state index is 13.0. The molecule has 1 aliphatic heterocycles. The molecule has 4 rings (SSSR count). The van der Waals surface area contributed by atoms with Crippen LogP contribution in [-0.2, 0) is 11.4 Å². The van der Waals surface area contributed by atoms with Crippen LogP contribution in [0.1, 0.15) is 0 Å². The van der Waals surface area contributed by atoms with Gasteiger partial charge >= 0.3 is 0 Å². The predicted octanol–water partition coefficient (Wildman–Crippen LogP) is 2.47. The summed E-state index contributed by atoms with van der Waals surface area (Å²) in [5.74, 6) is 0.744. The Morgan fingerprint density at radius 3 is 2.33 bits per heavy atom. The summed E-state index contributed by atoms with van der Waals surface area (Å²) in [6.45, 7) is 3.02. The van der Waals surface area contributed by atoms with Crippen molar-refractivity contribution in [2.24, 2.45) is 0 Å². The molecule has 0 bridgehead atoms. The largest absolute Gasteiger partial charge is 0.593 e. The van der Waals surface area contributed by atoms with Crippen LogP contribution in [0.15, 0.2) is 65.8 Å². The third kappa shape index (κ3) is 2.96. The Labute approximate surface area is 144 Å². The predicted molar refractivity (Wildman–Crippen MR) is 96.2 cm³/mol. The molecule has 0 spiro atoms. The van der Waals surface area contributed by atoms with Gasteiger partial charge in [0.05, 0.1) is 24.5 Å². The topological polar surface area (TPSA) is 55.3 Å². The summed E-state index contributed by atoms with van der Waals surface area (Å²) in [6, 6.07) is 15.9. The highest BCUT2D eigenvalue weighted by molar-refractivity contribution is 7.89. The summed E-state index contributed by atoms with van der Waals surface area (Å²) in [5, 5.41) is 2.19. The number of benzene rings is 2. The molecular weight excluding hydrogens is 320 g/mol. The van der Waals surface area contributed by atoms with Gasteiger partial charge in [0.2, 0.25) is 5.95 Å². The van der Waals surface area contributed by atoms with Crippen molar-refractivity contribution in [3.63, 3.8) is 0 Å². The van der Waals surface area contributed by atoms with Crippen LogP contribution in [0.5, 0.6) is 0 Å². The zero-order valence-corrected chi connectivity index (χ0v) is 14.0. The Balaban J connectivity index is 1.51. The maximum atomic E-state index is 13.0. The van der Waals surface area contributed by atoms with E-state index in [1.54, 1.807) is 12.4 Å². The molecule has 1 atom stereocenters. The van der Waals surface area contributed by atoms with Crippen molar-refractivity contribution in [2.45, 2.75) is 4.90 Å². The molecule has 1 saturated heterocycles. The summed E-state index contributed by atoms with van der Waals surface area (Å²) in [6.07, 6.45) is 3.51. The van der Waals surface area contributed by atoms with Gasteiger partial charge in [0.25, 0.3) is 0 Å². The number of aromatic nitrogens is 2. The quantitative estimate of drug-likeness (QED) is 0.687. The van der Waals surface area contributed by atoms with Gasteiger partial charge in [-0.2, -0.15) is 0 Å². The van der Waals surface area contributed by atoms with Gasteiger partial charge in [-0.05, 0) is 23.6 Å². The van der Waals surface area contributed by atoms with Gasteiger partial charge in [0, 0.05) is 30.9 Å².